The molecule has 0 unspecified atom stereocenters. The van der Waals surface area contributed by atoms with Gasteiger partial charge in [-0.25, -0.2) is 0 Å². The quantitative estimate of drug-likeness (QED) is 0.304. The van der Waals surface area contributed by atoms with Crippen molar-refractivity contribution in [3.05, 3.63) is 0 Å². The number of carbonyl (C=O) groups excluding carboxylic acids is 2. The predicted octanol–water partition coefficient (Wildman–Crippen LogP) is 2.04. The number of hydrogen-bond acceptors (Lipinski definition) is 8. The molecule has 8 heteroatoms. The number of hydrogen-bond donors (Lipinski definition) is 0. The van der Waals surface area contributed by atoms with E-state index in [2.05, 4.69) is 0 Å². The number of carbonyl (C=O) groups is 2. The summed E-state index contributed by atoms with van der Waals surface area (Å²) in [6.45, 7) is 9.29. The lowest BCUT2D eigenvalue weighted by molar-refractivity contribution is -0.181. The Morgan fingerprint density at radius 1 is 0.640 bits per heavy atom. The molecular formula is C17H32O8. The molecule has 0 fully saturated rings. The molecule has 0 radical (unpaired) electrons. The number of esters is 2. The van der Waals surface area contributed by atoms with Crippen molar-refractivity contribution >= 4 is 11.9 Å². The van der Waals surface area contributed by atoms with Crippen LogP contribution in [0.3, 0.4) is 0 Å². The maximum Gasteiger partial charge on any atom is 0.305 e. The van der Waals surface area contributed by atoms with Gasteiger partial charge in [-0.1, -0.05) is 0 Å². The van der Waals surface area contributed by atoms with Gasteiger partial charge in [0.05, 0.1) is 0 Å². The zero-order valence-corrected chi connectivity index (χ0v) is 15.8. The highest BCUT2D eigenvalue weighted by molar-refractivity contribution is 5.72. The molecule has 0 N–H and O–H groups in total. The van der Waals surface area contributed by atoms with Crippen LogP contribution in [0, 0.1) is 0 Å². The van der Waals surface area contributed by atoms with Crippen LogP contribution >= 0.6 is 0 Å². The van der Waals surface area contributed by atoms with Crippen molar-refractivity contribution in [1.29, 1.82) is 0 Å². The second-order valence-corrected chi connectivity index (χ2v) is 4.90. The molecule has 0 aliphatic carbocycles. The van der Waals surface area contributed by atoms with Gasteiger partial charge in [-0.15, -0.1) is 0 Å². The molecule has 0 rings (SSSR count). The third-order valence-corrected chi connectivity index (χ3v) is 2.93. The molecular weight excluding hydrogens is 332 g/mol. The summed E-state index contributed by atoms with van der Waals surface area (Å²) >= 11 is 0. The van der Waals surface area contributed by atoms with Gasteiger partial charge in [-0.3, -0.25) is 9.59 Å². The largest absolute Gasteiger partial charge is 0.460 e. The molecule has 0 amide bonds. The fourth-order valence-electron chi connectivity index (χ4n) is 1.88. The van der Waals surface area contributed by atoms with Gasteiger partial charge in [0, 0.05) is 39.3 Å². The molecule has 0 aliphatic rings. The molecule has 0 aromatic heterocycles. The van der Waals surface area contributed by atoms with Crippen molar-refractivity contribution in [1.82, 2.24) is 0 Å². The summed E-state index contributed by atoms with van der Waals surface area (Å²) in [6, 6.07) is 0. The summed E-state index contributed by atoms with van der Waals surface area (Å²) in [4.78, 5) is 23.3. The Morgan fingerprint density at radius 2 is 0.960 bits per heavy atom. The van der Waals surface area contributed by atoms with E-state index in [0.29, 0.717) is 32.8 Å². The molecule has 8 nitrogen and oxygen atoms in total. The molecule has 148 valence electrons. The van der Waals surface area contributed by atoms with E-state index in [0.717, 1.165) is 0 Å². The van der Waals surface area contributed by atoms with E-state index in [9.17, 15) is 9.59 Å². The van der Waals surface area contributed by atoms with Crippen LogP contribution in [-0.4, -0.2) is 64.2 Å². The van der Waals surface area contributed by atoms with Crippen molar-refractivity contribution < 1.29 is 38.0 Å². The van der Waals surface area contributed by atoms with Crippen LogP contribution in [0.5, 0.6) is 0 Å². The first kappa shape index (κ1) is 23.8. The van der Waals surface area contributed by atoms with Crippen LogP contribution in [0.2, 0.25) is 0 Å². The van der Waals surface area contributed by atoms with Crippen LogP contribution in [-0.2, 0) is 38.0 Å². The van der Waals surface area contributed by atoms with E-state index < -0.39 is 24.5 Å². The maximum atomic E-state index is 11.6. The summed E-state index contributed by atoms with van der Waals surface area (Å²) in [5, 5.41) is 0. The summed E-state index contributed by atoms with van der Waals surface area (Å²) in [7, 11) is 0. The molecule has 0 bridgehead atoms. The van der Waals surface area contributed by atoms with Crippen LogP contribution in [0.4, 0.5) is 0 Å². The fraction of sp³-hybridized carbons (Fsp3) is 0.882. The topological polar surface area (TPSA) is 89.5 Å². The summed E-state index contributed by atoms with van der Waals surface area (Å²) in [5.74, 6) is -0.808. The first-order chi connectivity index (χ1) is 12.1. The van der Waals surface area contributed by atoms with Crippen molar-refractivity contribution in [2.24, 2.45) is 0 Å². The monoisotopic (exact) mass is 364 g/mol. The first-order valence-corrected chi connectivity index (χ1v) is 8.84. The molecule has 0 heterocycles. The molecule has 0 saturated carbocycles. The first-order valence-electron chi connectivity index (χ1n) is 8.84. The minimum atomic E-state index is -0.557. The maximum absolute atomic E-state index is 11.6. The second-order valence-electron chi connectivity index (χ2n) is 4.90. The summed E-state index contributed by atoms with van der Waals surface area (Å²) in [6.07, 6.45) is -0.517. The van der Waals surface area contributed by atoms with Gasteiger partial charge in [-0.05, 0) is 34.1 Å². The van der Waals surface area contributed by atoms with E-state index in [1.807, 2.05) is 27.7 Å². The SMILES string of the molecule is CCOC(COC(=O)CCCC(=O)OCC(OCC)OCC)OCC. The van der Waals surface area contributed by atoms with Gasteiger partial charge in [0.2, 0.25) is 0 Å². The highest BCUT2D eigenvalue weighted by Gasteiger charge is 2.14. The Morgan fingerprint density at radius 3 is 1.24 bits per heavy atom. The van der Waals surface area contributed by atoms with E-state index >= 15 is 0 Å². The van der Waals surface area contributed by atoms with Crippen LogP contribution in [0.25, 0.3) is 0 Å². The average molecular weight is 364 g/mol. The van der Waals surface area contributed by atoms with Crippen molar-refractivity contribution in [2.45, 2.75) is 59.5 Å². The Bertz CT molecular complexity index is 304. The Balaban J connectivity index is 3.85. The van der Waals surface area contributed by atoms with Gasteiger partial charge in [0.25, 0.3) is 0 Å². The van der Waals surface area contributed by atoms with Crippen molar-refractivity contribution in [3.63, 3.8) is 0 Å². The summed E-state index contributed by atoms with van der Waals surface area (Å²) in [5.41, 5.74) is 0. The Hall–Kier alpha value is -1.22. The molecule has 0 aromatic rings. The van der Waals surface area contributed by atoms with Crippen molar-refractivity contribution in [3.8, 4) is 0 Å². The van der Waals surface area contributed by atoms with Crippen LogP contribution in [0.15, 0.2) is 0 Å². The van der Waals surface area contributed by atoms with Crippen LogP contribution < -0.4 is 0 Å². The highest BCUT2D eigenvalue weighted by atomic mass is 16.7. The van der Waals surface area contributed by atoms with Crippen LogP contribution in [0.1, 0.15) is 47.0 Å². The van der Waals surface area contributed by atoms with E-state index in [-0.39, 0.29) is 26.1 Å². The number of ether oxygens (including phenoxy) is 6. The van der Waals surface area contributed by atoms with Gasteiger partial charge < -0.3 is 28.4 Å². The minimum Gasteiger partial charge on any atom is -0.460 e. The molecule has 0 spiro atoms. The summed E-state index contributed by atoms with van der Waals surface area (Å²) < 4.78 is 31.2. The third-order valence-electron chi connectivity index (χ3n) is 2.93. The lowest BCUT2D eigenvalue weighted by Gasteiger charge is -2.17. The lowest BCUT2D eigenvalue weighted by Crippen LogP contribution is -2.26. The van der Waals surface area contributed by atoms with Gasteiger partial charge >= 0.3 is 11.9 Å². The predicted molar refractivity (Wildman–Crippen MR) is 89.8 cm³/mol. The molecule has 0 saturated heterocycles. The molecule has 0 aromatic carbocycles. The zero-order chi connectivity index (χ0) is 18.9. The second kappa shape index (κ2) is 16.3. The average Bonchev–Trinajstić information content (AvgIpc) is 2.58. The van der Waals surface area contributed by atoms with E-state index in [1.54, 1.807) is 0 Å². The molecule has 0 atom stereocenters. The molecule has 25 heavy (non-hydrogen) atoms. The number of rotatable bonds is 16. The van der Waals surface area contributed by atoms with Gasteiger partial charge in [0.1, 0.15) is 13.2 Å². The molecule has 0 aliphatic heterocycles. The minimum absolute atomic E-state index is 0.0371. The Labute approximate surface area is 150 Å². The standard InChI is InChI=1S/C17H32O8/c1-5-20-16(21-6-2)12-24-14(18)10-9-11-15(19)25-13-17(22-7-3)23-8-4/h16-17H,5-13H2,1-4H3. The highest BCUT2D eigenvalue weighted by Crippen LogP contribution is 2.04. The third kappa shape index (κ3) is 13.7. The fourth-order valence-corrected chi connectivity index (χ4v) is 1.88. The van der Waals surface area contributed by atoms with Crippen molar-refractivity contribution in [2.75, 3.05) is 39.6 Å². The smallest absolute Gasteiger partial charge is 0.305 e. The lowest BCUT2D eigenvalue weighted by atomic mass is 10.2. The van der Waals surface area contributed by atoms with Gasteiger partial charge in [-0.2, -0.15) is 0 Å². The van der Waals surface area contributed by atoms with E-state index in [4.69, 9.17) is 28.4 Å². The Kier molecular flexibility index (Phi) is 15.5. The normalized spacial score (nSPS) is 11.1. The van der Waals surface area contributed by atoms with E-state index in [1.165, 1.54) is 0 Å². The van der Waals surface area contributed by atoms with Gasteiger partial charge in [0.15, 0.2) is 12.6 Å². The zero-order valence-electron chi connectivity index (χ0n) is 15.8.